The van der Waals surface area contributed by atoms with E-state index in [-0.39, 0.29) is 23.9 Å². The van der Waals surface area contributed by atoms with Gasteiger partial charge in [-0.3, -0.25) is 14.7 Å². The molecule has 3 amide bonds. The highest BCUT2D eigenvalue weighted by Crippen LogP contribution is 2.30. The van der Waals surface area contributed by atoms with E-state index in [1.54, 1.807) is 12.1 Å². The normalized spacial score (nSPS) is 16.3. The average Bonchev–Trinajstić information content (AvgIpc) is 3.10. The molecule has 0 spiro atoms. The van der Waals surface area contributed by atoms with E-state index in [9.17, 15) is 14.0 Å². The molecule has 0 saturated carbocycles. The number of nitrogens with zero attached hydrogens (tertiary/aromatic N) is 3. The lowest BCUT2D eigenvalue weighted by molar-refractivity contribution is -0.121. The van der Waals surface area contributed by atoms with E-state index < -0.39 is 12.1 Å². The molecular formula is C20H17ClFN5O2S. The highest BCUT2D eigenvalue weighted by atomic mass is 35.5. The fourth-order valence-corrected chi connectivity index (χ4v) is 4.50. The van der Waals surface area contributed by atoms with Gasteiger partial charge in [0, 0.05) is 40.9 Å². The molecule has 1 aliphatic heterocycles. The second-order valence-corrected chi connectivity index (χ2v) is 8.04. The number of para-hydroxylation sites is 1. The first kappa shape index (κ1) is 20.4. The second-order valence-electron chi connectivity index (χ2n) is 6.69. The van der Waals surface area contributed by atoms with Gasteiger partial charge in [-0.15, -0.1) is 10.2 Å². The summed E-state index contributed by atoms with van der Waals surface area (Å²) in [5.41, 5.74) is 1.22. The summed E-state index contributed by atoms with van der Waals surface area (Å²) in [5.74, 6) is 0.151. The highest BCUT2D eigenvalue weighted by molar-refractivity contribution is 7.98. The largest absolute Gasteiger partial charge is 0.334 e. The van der Waals surface area contributed by atoms with Gasteiger partial charge in [-0.2, -0.15) is 0 Å². The number of thioether (sulfide) groups is 1. The van der Waals surface area contributed by atoms with Gasteiger partial charge in [-0.1, -0.05) is 47.6 Å². The first-order chi connectivity index (χ1) is 14.5. The molecule has 7 nitrogen and oxygen atoms in total. The Hall–Kier alpha value is -2.91. The van der Waals surface area contributed by atoms with Gasteiger partial charge in [0.2, 0.25) is 5.91 Å². The van der Waals surface area contributed by atoms with Crippen LogP contribution in [-0.4, -0.2) is 32.7 Å². The van der Waals surface area contributed by atoms with Gasteiger partial charge in [-0.05, 0) is 24.3 Å². The van der Waals surface area contributed by atoms with Gasteiger partial charge in [0.15, 0.2) is 5.16 Å². The summed E-state index contributed by atoms with van der Waals surface area (Å²) in [6.07, 6.45) is 0.475. The third-order valence-electron chi connectivity index (χ3n) is 4.57. The summed E-state index contributed by atoms with van der Waals surface area (Å²) in [6.45, 7) is 0. The molecule has 0 radical (unpaired) electrons. The zero-order chi connectivity index (χ0) is 21.1. The molecule has 30 heavy (non-hydrogen) atoms. The number of urea groups is 1. The fourth-order valence-electron chi connectivity index (χ4n) is 3.19. The van der Waals surface area contributed by atoms with Crippen LogP contribution in [-0.2, 0) is 17.0 Å². The highest BCUT2D eigenvalue weighted by Gasteiger charge is 2.27. The van der Waals surface area contributed by atoms with Crippen molar-refractivity contribution in [1.82, 2.24) is 25.4 Å². The minimum absolute atomic E-state index is 0.153. The minimum atomic E-state index is -0.522. The van der Waals surface area contributed by atoms with Crippen molar-refractivity contribution in [2.24, 2.45) is 0 Å². The van der Waals surface area contributed by atoms with Crippen molar-refractivity contribution in [3.8, 4) is 5.69 Å². The van der Waals surface area contributed by atoms with Crippen molar-refractivity contribution in [3.63, 3.8) is 0 Å². The topological polar surface area (TPSA) is 88.9 Å². The van der Waals surface area contributed by atoms with Gasteiger partial charge < -0.3 is 5.32 Å². The smallest absolute Gasteiger partial charge is 0.321 e. The maximum atomic E-state index is 14.1. The number of nitrogens with one attached hydrogen (secondary N) is 2. The fraction of sp³-hybridized carbons (Fsp3) is 0.200. The van der Waals surface area contributed by atoms with Gasteiger partial charge in [0.05, 0.1) is 0 Å². The Kier molecular flexibility index (Phi) is 6.01. The first-order valence-corrected chi connectivity index (χ1v) is 10.5. The van der Waals surface area contributed by atoms with Crippen molar-refractivity contribution in [2.45, 2.75) is 29.8 Å². The summed E-state index contributed by atoms with van der Waals surface area (Å²) >= 11 is 7.45. The van der Waals surface area contributed by atoms with E-state index in [2.05, 4.69) is 20.8 Å². The molecule has 0 aliphatic carbocycles. The van der Waals surface area contributed by atoms with E-state index in [0.29, 0.717) is 28.0 Å². The number of rotatable bonds is 6. The summed E-state index contributed by atoms with van der Waals surface area (Å²) in [6, 6.07) is 13.1. The molecule has 4 rings (SSSR count). The molecule has 0 bridgehead atoms. The first-order valence-electron chi connectivity index (χ1n) is 9.17. The van der Waals surface area contributed by atoms with Gasteiger partial charge >= 0.3 is 6.03 Å². The van der Waals surface area contributed by atoms with E-state index >= 15 is 0 Å². The van der Waals surface area contributed by atoms with Crippen LogP contribution < -0.4 is 10.6 Å². The van der Waals surface area contributed by atoms with E-state index in [0.717, 1.165) is 5.69 Å². The van der Waals surface area contributed by atoms with Crippen LogP contribution in [0.2, 0.25) is 5.02 Å². The van der Waals surface area contributed by atoms with Crippen LogP contribution in [0.25, 0.3) is 5.69 Å². The van der Waals surface area contributed by atoms with E-state index in [1.165, 1.54) is 17.8 Å². The molecule has 1 aliphatic rings. The standard InChI is InChI=1S/C20H17ClFN5O2S/c21-15-7-4-8-16(22)14(15)11-30-20-26-25-17(27(20)13-5-2-1-3-6-13)9-12-10-18(28)24-19(29)23-12/h1-8,12H,9-11H2,(H2,23,24,28,29). The van der Waals surface area contributed by atoms with Crippen LogP contribution in [0.15, 0.2) is 53.7 Å². The lowest BCUT2D eigenvalue weighted by atomic mass is 10.1. The molecule has 2 aromatic carbocycles. The third-order valence-corrected chi connectivity index (χ3v) is 5.88. The monoisotopic (exact) mass is 445 g/mol. The molecule has 1 aromatic heterocycles. The van der Waals surface area contributed by atoms with Crippen molar-refractivity contribution in [3.05, 3.63) is 70.8 Å². The van der Waals surface area contributed by atoms with Gasteiger partial charge in [0.25, 0.3) is 0 Å². The Morgan fingerprint density at radius 3 is 2.67 bits per heavy atom. The number of halogens is 2. The van der Waals surface area contributed by atoms with Crippen LogP contribution in [0.3, 0.4) is 0 Å². The van der Waals surface area contributed by atoms with Crippen molar-refractivity contribution < 1.29 is 14.0 Å². The average molecular weight is 446 g/mol. The maximum Gasteiger partial charge on any atom is 0.321 e. The Morgan fingerprint density at radius 2 is 1.93 bits per heavy atom. The quantitative estimate of drug-likeness (QED) is 0.567. The predicted octanol–water partition coefficient (Wildman–Crippen LogP) is 3.49. The zero-order valence-electron chi connectivity index (χ0n) is 15.6. The van der Waals surface area contributed by atoms with Gasteiger partial charge in [0.1, 0.15) is 11.6 Å². The lowest BCUT2D eigenvalue weighted by Crippen LogP contribution is -2.53. The van der Waals surface area contributed by atoms with Crippen molar-refractivity contribution in [2.75, 3.05) is 0 Å². The number of imide groups is 1. The SMILES string of the molecule is O=C1CC(Cc2nnc(SCc3c(F)cccc3Cl)n2-c2ccccc2)NC(=O)N1. The summed E-state index contributed by atoms with van der Waals surface area (Å²) < 4.78 is 16.0. The number of carbonyl (C=O) groups excluding carboxylic acids is 2. The van der Waals surface area contributed by atoms with Crippen LogP contribution >= 0.6 is 23.4 Å². The molecule has 10 heteroatoms. The second kappa shape index (κ2) is 8.85. The molecule has 2 heterocycles. The number of hydrogen-bond acceptors (Lipinski definition) is 5. The molecular weight excluding hydrogens is 429 g/mol. The van der Waals surface area contributed by atoms with Crippen LogP contribution in [0.5, 0.6) is 0 Å². The number of aromatic nitrogens is 3. The minimum Gasteiger partial charge on any atom is -0.334 e. The summed E-state index contributed by atoms with van der Waals surface area (Å²) in [7, 11) is 0. The zero-order valence-corrected chi connectivity index (χ0v) is 17.2. The lowest BCUT2D eigenvalue weighted by Gasteiger charge is -2.23. The molecule has 1 fully saturated rings. The molecule has 1 unspecified atom stereocenters. The Balaban J connectivity index is 1.62. The van der Waals surface area contributed by atoms with Crippen molar-refractivity contribution >= 4 is 35.3 Å². The summed E-state index contributed by atoms with van der Waals surface area (Å²) in [4.78, 5) is 23.3. The predicted molar refractivity (Wildman–Crippen MR) is 111 cm³/mol. The van der Waals surface area contributed by atoms with Crippen LogP contribution in [0, 0.1) is 5.82 Å². The van der Waals surface area contributed by atoms with Crippen molar-refractivity contribution in [1.29, 1.82) is 0 Å². The third kappa shape index (κ3) is 4.47. The Bertz CT molecular complexity index is 1060. The number of benzene rings is 2. The van der Waals surface area contributed by atoms with Crippen LogP contribution in [0.4, 0.5) is 9.18 Å². The van der Waals surface area contributed by atoms with Gasteiger partial charge in [-0.25, -0.2) is 9.18 Å². The van der Waals surface area contributed by atoms with E-state index in [4.69, 9.17) is 11.6 Å². The molecule has 154 valence electrons. The molecule has 1 atom stereocenters. The molecule has 1 saturated heterocycles. The summed E-state index contributed by atoms with van der Waals surface area (Å²) in [5, 5.41) is 14.4. The Morgan fingerprint density at radius 1 is 1.13 bits per heavy atom. The Labute approximate surface area is 181 Å². The number of amides is 3. The number of carbonyl (C=O) groups is 2. The number of hydrogen-bond donors (Lipinski definition) is 2. The maximum absolute atomic E-state index is 14.1. The molecule has 2 N–H and O–H groups in total. The molecule has 3 aromatic rings. The van der Waals surface area contributed by atoms with E-state index in [1.807, 2.05) is 34.9 Å². The van der Waals surface area contributed by atoms with Crippen LogP contribution in [0.1, 0.15) is 17.8 Å².